The predicted molar refractivity (Wildman–Crippen MR) is 251 cm³/mol. The van der Waals surface area contributed by atoms with Gasteiger partial charge in [0, 0.05) is 60.4 Å². The molecule has 0 bridgehead atoms. The Morgan fingerprint density at radius 1 is 0.349 bits per heavy atom. The molecule has 0 aliphatic heterocycles. The second-order valence-corrected chi connectivity index (χ2v) is 15.6. The van der Waals surface area contributed by atoms with Gasteiger partial charge in [0.15, 0.2) is 28.9 Å². The van der Waals surface area contributed by atoms with Crippen molar-refractivity contribution in [3.8, 4) is 62.5 Å². The molecule has 0 saturated heterocycles. The molecule has 0 saturated carbocycles. The smallest absolute Gasteiger partial charge is 0.180 e. The van der Waals surface area contributed by atoms with Gasteiger partial charge in [-0.05, 0) is 48.5 Å². The molecule has 8 heteroatoms. The van der Waals surface area contributed by atoms with Crippen LogP contribution in [-0.2, 0) is 0 Å². The van der Waals surface area contributed by atoms with Crippen LogP contribution in [0, 0.1) is 0 Å². The molecule has 0 fully saturated rings. The van der Waals surface area contributed by atoms with Gasteiger partial charge in [0.2, 0.25) is 0 Å². The highest BCUT2D eigenvalue weighted by Gasteiger charge is 2.24. The molecule has 0 N–H and O–H groups in total. The van der Waals surface area contributed by atoms with Crippen LogP contribution in [0.5, 0.6) is 0 Å². The highest BCUT2D eigenvalue weighted by molar-refractivity contribution is 6.18. The predicted octanol–water partition coefficient (Wildman–Crippen LogP) is 13.9. The molecule has 13 rings (SSSR count). The van der Waals surface area contributed by atoms with E-state index in [2.05, 4.69) is 83.4 Å². The van der Waals surface area contributed by atoms with E-state index in [-0.39, 0.29) is 0 Å². The number of hydrogen-bond acceptors (Lipinski definition) is 7. The number of benzene rings is 8. The van der Waals surface area contributed by atoms with Crippen molar-refractivity contribution in [2.24, 2.45) is 0 Å². The van der Waals surface area contributed by atoms with Crippen LogP contribution in [0.2, 0.25) is 0 Å². The van der Waals surface area contributed by atoms with Gasteiger partial charge in [-0.3, -0.25) is 0 Å². The molecule has 0 aliphatic carbocycles. The lowest BCUT2D eigenvalue weighted by molar-refractivity contribution is 0.667. The normalized spacial score (nSPS) is 11.8. The molecular formula is C55H32N6O2. The third kappa shape index (κ3) is 5.58. The first-order valence-electron chi connectivity index (χ1n) is 20.8. The Morgan fingerprint density at radius 3 is 1.57 bits per heavy atom. The van der Waals surface area contributed by atoms with Gasteiger partial charge in [0.25, 0.3) is 0 Å². The van der Waals surface area contributed by atoms with E-state index in [9.17, 15) is 0 Å². The van der Waals surface area contributed by atoms with E-state index in [1.165, 1.54) is 5.39 Å². The molecule has 63 heavy (non-hydrogen) atoms. The van der Waals surface area contributed by atoms with Crippen molar-refractivity contribution in [3.63, 3.8) is 0 Å². The van der Waals surface area contributed by atoms with Gasteiger partial charge in [-0.15, -0.1) is 0 Å². The largest absolute Gasteiger partial charge is 0.456 e. The number of rotatable bonds is 6. The van der Waals surface area contributed by atoms with E-state index in [0.29, 0.717) is 45.7 Å². The summed E-state index contributed by atoms with van der Waals surface area (Å²) < 4.78 is 15.6. The Balaban J connectivity index is 1.07. The number of nitrogens with zero attached hydrogens (tertiary/aromatic N) is 6. The van der Waals surface area contributed by atoms with E-state index in [1.54, 1.807) is 0 Å². The van der Waals surface area contributed by atoms with Gasteiger partial charge in [0.05, 0.1) is 11.0 Å². The summed E-state index contributed by atoms with van der Waals surface area (Å²) >= 11 is 0. The van der Waals surface area contributed by atoms with Crippen LogP contribution in [0.3, 0.4) is 0 Å². The molecule has 0 aliphatic rings. The summed E-state index contributed by atoms with van der Waals surface area (Å²) in [5, 5.41) is 4.97. The zero-order valence-electron chi connectivity index (χ0n) is 33.5. The Morgan fingerprint density at radius 2 is 0.889 bits per heavy atom. The molecule has 294 valence electrons. The van der Waals surface area contributed by atoms with E-state index in [0.717, 1.165) is 77.2 Å². The third-order valence-electron chi connectivity index (χ3n) is 11.9. The van der Waals surface area contributed by atoms with Gasteiger partial charge in [-0.25, -0.2) is 24.9 Å². The standard InChI is InChI=1S/C55H32N6O2/c1-4-16-33(17-5-1)52-58-53(34-18-6-2-7-19-34)60-55(59-52)41-25-15-29-46-48(41)47-40(24-14-28-45(47)62-46)54-56-49(51-50(57-54)39-23-11-13-27-44(39)63-51)35-30-31-38-37-22-10-12-26-42(37)61(43(38)32-35)36-20-8-3-9-21-36/h1-32H. The van der Waals surface area contributed by atoms with E-state index < -0.39 is 0 Å². The average molecular weight is 809 g/mol. The van der Waals surface area contributed by atoms with Gasteiger partial charge < -0.3 is 13.4 Å². The Kier molecular flexibility index (Phi) is 7.74. The van der Waals surface area contributed by atoms with Crippen molar-refractivity contribution in [2.45, 2.75) is 0 Å². The zero-order valence-corrected chi connectivity index (χ0v) is 33.5. The maximum Gasteiger partial charge on any atom is 0.180 e. The number of hydrogen-bond donors (Lipinski definition) is 0. The summed E-state index contributed by atoms with van der Waals surface area (Å²) in [6, 6.07) is 65.7. The summed E-state index contributed by atoms with van der Waals surface area (Å²) in [5.41, 5.74) is 11.8. The molecule has 0 radical (unpaired) electrons. The van der Waals surface area contributed by atoms with Crippen molar-refractivity contribution in [1.29, 1.82) is 0 Å². The minimum absolute atomic E-state index is 0.533. The quantitative estimate of drug-likeness (QED) is 0.165. The number of aromatic nitrogens is 6. The van der Waals surface area contributed by atoms with Crippen LogP contribution in [0.15, 0.2) is 203 Å². The summed E-state index contributed by atoms with van der Waals surface area (Å²) in [4.78, 5) is 26.0. The van der Waals surface area contributed by atoms with E-state index in [1.807, 2.05) is 115 Å². The minimum atomic E-state index is 0.533. The highest BCUT2D eigenvalue weighted by atomic mass is 16.3. The Labute approximate surface area is 359 Å². The fraction of sp³-hybridized carbons (Fsp3) is 0. The van der Waals surface area contributed by atoms with Crippen LogP contribution in [0.1, 0.15) is 0 Å². The maximum atomic E-state index is 6.66. The highest BCUT2D eigenvalue weighted by Crippen LogP contribution is 2.43. The monoisotopic (exact) mass is 808 g/mol. The first-order valence-corrected chi connectivity index (χ1v) is 20.8. The van der Waals surface area contributed by atoms with Crippen molar-refractivity contribution < 1.29 is 8.83 Å². The summed E-state index contributed by atoms with van der Waals surface area (Å²) in [6.45, 7) is 0. The molecule has 8 nitrogen and oxygen atoms in total. The number of para-hydroxylation sites is 3. The van der Waals surface area contributed by atoms with Crippen LogP contribution in [-0.4, -0.2) is 29.5 Å². The first-order chi connectivity index (χ1) is 31.2. The number of furan rings is 2. The van der Waals surface area contributed by atoms with Crippen LogP contribution < -0.4 is 0 Å². The maximum absolute atomic E-state index is 6.66. The molecule has 0 unspecified atom stereocenters. The van der Waals surface area contributed by atoms with Crippen molar-refractivity contribution >= 4 is 65.8 Å². The van der Waals surface area contributed by atoms with Crippen molar-refractivity contribution in [2.75, 3.05) is 0 Å². The summed E-state index contributed by atoms with van der Waals surface area (Å²) in [5.74, 6) is 2.24. The molecule has 13 aromatic rings. The van der Waals surface area contributed by atoms with Gasteiger partial charge >= 0.3 is 0 Å². The molecule has 0 spiro atoms. The van der Waals surface area contributed by atoms with Gasteiger partial charge in [-0.1, -0.05) is 146 Å². The molecule has 0 atom stereocenters. The Bertz CT molecular complexity index is 3850. The minimum Gasteiger partial charge on any atom is -0.456 e. The second kappa shape index (κ2) is 13.9. The topological polar surface area (TPSA) is 95.7 Å². The Hall–Kier alpha value is -8.75. The lowest BCUT2D eigenvalue weighted by Gasteiger charge is -2.11. The van der Waals surface area contributed by atoms with Crippen molar-refractivity contribution in [1.82, 2.24) is 29.5 Å². The van der Waals surface area contributed by atoms with Crippen LogP contribution in [0.4, 0.5) is 0 Å². The van der Waals surface area contributed by atoms with E-state index >= 15 is 0 Å². The van der Waals surface area contributed by atoms with Crippen LogP contribution in [0.25, 0.3) is 128 Å². The molecule has 5 heterocycles. The van der Waals surface area contributed by atoms with E-state index in [4.69, 9.17) is 33.8 Å². The lowest BCUT2D eigenvalue weighted by Crippen LogP contribution is -2.00. The molecular weight excluding hydrogens is 777 g/mol. The summed E-state index contributed by atoms with van der Waals surface area (Å²) in [7, 11) is 0. The fourth-order valence-electron chi connectivity index (χ4n) is 9.05. The molecule has 8 aromatic carbocycles. The lowest BCUT2D eigenvalue weighted by atomic mass is 10.0. The molecule has 0 amide bonds. The van der Waals surface area contributed by atoms with Gasteiger partial charge in [-0.2, -0.15) is 0 Å². The third-order valence-corrected chi connectivity index (χ3v) is 11.9. The van der Waals surface area contributed by atoms with Gasteiger partial charge in [0.1, 0.15) is 28.0 Å². The van der Waals surface area contributed by atoms with Crippen LogP contribution >= 0.6 is 0 Å². The SMILES string of the molecule is c1ccc(-c2nc(-c3ccccc3)nc(-c3cccc4oc5cccc(-c6nc(-c7ccc8c9ccccc9n(-c9ccccc9)c8c7)c7oc8ccccc8c7n6)c5c34)n2)cc1. The second-order valence-electron chi connectivity index (χ2n) is 15.6. The van der Waals surface area contributed by atoms with Crippen molar-refractivity contribution in [3.05, 3.63) is 194 Å². The fourth-order valence-corrected chi connectivity index (χ4v) is 9.05. The average Bonchev–Trinajstić information content (AvgIpc) is 4.04. The number of fused-ring (bicyclic) bond motifs is 9. The summed E-state index contributed by atoms with van der Waals surface area (Å²) in [6.07, 6.45) is 0. The zero-order chi connectivity index (χ0) is 41.4. The first kappa shape index (κ1) is 35.0. The molecule has 5 aromatic heterocycles.